The molecule has 0 saturated heterocycles. The average Bonchev–Trinajstić information content (AvgIpc) is 3.38. The van der Waals surface area contributed by atoms with Gasteiger partial charge in [0.2, 0.25) is 5.91 Å². The Labute approximate surface area is 448 Å². The van der Waals surface area contributed by atoms with Crippen molar-refractivity contribution in [2.45, 2.75) is 347 Å². The van der Waals surface area contributed by atoms with Crippen molar-refractivity contribution in [3.63, 3.8) is 0 Å². The van der Waals surface area contributed by atoms with Crippen LogP contribution in [0.3, 0.4) is 0 Å². The number of unbranched alkanes of at least 4 members (excludes halogenated alkanes) is 42. The summed E-state index contributed by atoms with van der Waals surface area (Å²) in [5, 5.41) is 23.1. The highest BCUT2D eigenvalue weighted by molar-refractivity contribution is 5.76. The lowest BCUT2D eigenvalue weighted by atomic mass is 10.0. The summed E-state index contributed by atoms with van der Waals surface area (Å²) in [5.74, 6) is -0.0726. The molecule has 422 valence electrons. The van der Waals surface area contributed by atoms with Gasteiger partial charge in [-0.15, -0.1) is 0 Å². The van der Waals surface area contributed by atoms with E-state index in [4.69, 9.17) is 4.74 Å². The molecule has 0 radical (unpaired) electrons. The zero-order valence-electron chi connectivity index (χ0n) is 48.2. The molecule has 6 heteroatoms. The van der Waals surface area contributed by atoms with E-state index in [1.165, 1.54) is 250 Å². The third kappa shape index (κ3) is 57.1. The fourth-order valence-electron chi connectivity index (χ4n) is 9.66. The number of allylic oxidation sites excluding steroid dienone is 7. The van der Waals surface area contributed by atoms with Crippen LogP contribution in [0.1, 0.15) is 335 Å². The van der Waals surface area contributed by atoms with Crippen LogP contribution in [-0.4, -0.2) is 47.4 Å². The first-order valence-electron chi connectivity index (χ1n) is 31.9. The number of hydrogen-bond donors (Lipinski definition) is 3. The average molecular weight is 1010 g/mol. The summed E-state index contributed by atoms with van der Waals surface area (Å²) in [5.41, 5.74) is 0. The van der Waals surface area contributed by atoms with E-state index in [-0.39, 0.29) is 18.5 Å². The maximum atomic E-state index is 12.5. The predicted octanol–water partition coefficient (Wildman–Crippen LogP) is 20.1. The molecule has 72 heavy (non-hydrogen) atoms. The molecule has 0 aliphatic carbocycles. The van der Waals surface area contributed by atoms with Crippen LogP contribution in [-0.2, 0) is 14.3 Å². The summed E-state index contributed by atoms with van der Waals surface area (Å²) in [6.07, 6.45) is 78.6. The van der Waals surface area contributed by atoms with Gasteiger partial charge < -0.3 is 20.3 Å². The van der Waals surface area contributed by atoms with E-state index in [2.05, 4.69) is 55.6 Å². The third-order valence-corrected chi connectivity index (χ3v) is 14.6. The topological polar surface area (TPSA) is 95.9 Å². The molecule has 0 fully saturated rings. The fraction of sp³-hybridized carbons (Fsp3) is 0.848. The van der Waals surface area contributed by atoms with Crippen molar-refractivity contribution in [2.24, 2.45) is 0 Å². The summed E-state index contributed by atoms with van der Waals surface area (Å²) in [7, 11) is 0. The number of hydrogen-bond acceptors (Lipinski definition) is 5. The lowest BCUT2D eigenvalue weighted by Gasteiger charge is -2.20. The van der Waals surface area contributed by atoms with Gasteiger partial charge in [-0.05, 0) is 89.9 Å². The van der Waals surface area contributed by atoms with E-state index in [1.807, 2.05) is 6.08 Å². The Balaban J connectivity index is 3.43. The van der Waals surface area contributed by atoms with Gasteiger partial charge in [0.05, 0.1) is 25.4 Å². The minimum absolute atomic E-state index is 0.00187. The maximum Gasteiger partial charge on any atom is 0.305 e. The van der Waals surface area contributed by atoms with Gasteiger partial charge in [0.15, 0.2) is 0 Å². The Morgan fingerprint density at radius 3 is 1.08 bits per heavy atom. The lowest BCUT2D eigenvalue weighted by molar-refractivity contribution is -0.143. The van der Waals surface area contributed by atoms with Crippen LogP contribution in [0.5, 0.6) is 0 Å². The number of ether oxygens (including phenoxy) is 1. The zero-order valence-corrected chi connectivity index (χ0v) is 48.2. The Kier molecular flexibility index (Phi) is 59.5. The molecule has 3 N–H and O–H groups in total. The van der Waals surface area contributed by atoms with E-state index < -0.39 is 12.1 Å². The first kappa shape index (κ1) is 69.8. The van der Waals surface area contributed by atoms with Gasteiger partial charge in [-0.25, -0.2) is 0 Å². The molecule has 0 aromatic rings. The van der Waals surface area contributed by atoms with Crippen LogP contribution in [0, 0.1) is 0 Å². The SMILES string of the molecule is CCCCCC/C=C\C/C=C\CCCCCCCCCC(=O)OCCCCCCCCCCCCC/C=C\CCCCCCCCCC(=O)NC(CO)C(O)/C=C/CCCCCCCCCCCCCCC. The van der Waals surface area contributed by atoms with Crippen LogP contribution < -0.4 is 5.32 Å². The highest BCUT2D eigenvalue weighted by Crippen LogP contribution is 2.17. The molecule has 0 aromatic carbocycles. The summed E-state index contributed by atoms with van der Waals surface area (Å²) in [6, 6.07) is -0.634. The van der Waals surface area contributed by atoms with Crippen LogP contribution in [0.15, 0.2) is 48.6 Å². The van der Waals surface area contributed by atoms with E-state index in [0.29, 0.717) is 19.4 Å². The number of carbonyl (C=O) groups excluding carboxylic acids is 2. The van der Waals surface area contributed by atoms with Crippen molar-refractivity contribution in [1.29, 1.82) is 0 Å². The first-order chi connectivity index (χ1) is 35.5. The standard InChI is InChI=1S/C66H123NO5/c1-3-5-7-9-11-13-15-17-19-20-28-32-36-40-44-48-52-56-60-66(71)72-61-57-53-49-45-41-37-33-29-26-24-22-21-23-25-27-31-35-39-43-47-51-55-59-65(70)67-63(62-68)64(69)58-54-50-46-42-38-34-30-18-16-14-12-10-8-6-4-2/h13,15,19-20,23,25,54,58,63-64,68-69H,3-12,14,16-18,21-22,24,26-53,55-57,59-62H2,1-2H3,(H,67,70)/b15-13-,20-19-,25-23-,58-54+. The van der Waals surface area contributed by atoms with Crippen LogP contribution in [0.25, 0.3) is 0 Å². The Morgan fingerprint density at radius 1 is 0.389 bits per heavy atom. The first-order valence-corrected chi connectivity index (χ1v) is 31.9. The van der Waals surface area contributed by atoms with Crippen molar-refractivity contribution >= 4 is 11.9 Å². The van der Waals surface area contributed by atoms with Gasteiger partial charge in [0.25, 0.3) is 0 Å². The second-order valence-corrected chi connectivity index (χ2v) is 21.7. The molecule has 0 spiro atoms. The normalized spacial score (nSPS) is 12.9. The van der Waals surface area contributed by atoms with Crippen molar-refractivity contribution < 1.29 is 24.5 Å². The largest absolute Gasteiger partial charge is 0.466 e. The monoisotopic (exact) mass is 1010 g/mol. The Hall–Kier alpha value is -2.18. The zero-order chi connectivity index (χ0) is 52.2. The van der Waals surface area contributed by atoms with E-state index in [1.54, 1.807) is 6.08 Å². The number of aliphatic hydroxyl groups excluding tert-OH is 2. The quantitative estimate of drug-likeness (QED) is 0.0320. The molecular weight excluding hydrogens is 887 g/mol. The molecule has 0 rings (SSSR count). The van der Waals surface area contributed by atoms with Crippen molar-refractivity contribution in [1.82, 2.24) is 5.32 Å². The van der Waals surface area contributed by atoms with Gasteiger partial charge in [-0.1, -0.05) is 281 Å². The summed E-state index contributed by atoms with van der Waals surface area (Å²) >= 11 is 0. The van der Waals surface area contributed by atoms with Crippen LogP contribution in [0.4, 0.5) is 0 Å². The van der Waals surface area contributed by atoms with Gasteiger partial charge in [-0.3, -0.25) is 9.59 Å². The van der Waals surface area contributed by atoms with Gasteiger partial charge in [0.1, 0.15) is 0 Å². The molecule has 2 atom stereocenters. The molecule has 1 amide bonds. The molecule has 0 bridgehead atoms. The maximum absolute atomic E-state index is 12.5. The van der Waals surface area contributed by atoms with Crippen LogP contribution in [0.2, 0.25) is 0 Å². The molecule has 6 nitrogen and oxygen atoms in total. The van der Waals surface area contributed by atoms with E-state index in [9.17, 15) is 19.8 Å². The Bertz CT molecular complexity index is 1210. The minimum atomic E-state index is -0.849. The lowest BCUT2D eigenvalue weighted by Crippen LogP contribution is -2.45. The second kappa shape index (κ2) is 61.4. The predicted molar refractivity (Wildman–Crippen MR) is 315 cm³/mol. The number of esters is 1. The van der Waals surface area contributed by atoms with Crippen molar-refractivity contribution in [3.05, 3.63) is 48.6 Å². The highest BCUT2D eigenvalue weighted by atomic mass is 16.5. The number of carbonyl (C=O) groups is 2. The summed E-state index contributed by atoms with van der Waals surface area (Å²) < 4.78 is 5.49. The van der Waals surface area contributed by atoms with Gasteiger partial charge >= 0.3 is 5.97 Å². The third-order valence-electron chi connectivity index (χ3n) is 14.6. The fourth-order valence-corrected chi connectivity index (χ4v) is 9.66. The smallest absolute Gasteiger partial charge is 0.305 e. The molecule has 0 aliphatic heterocycles. The molecule has 0 aliphatic rings. The number of nitrogens with one attached hydrogen (secondary N) is 1. The number of rotatable bonds is 59. The summed E-state index contributed by atoms with van der Waals surface area (Å²) in [6.45, 7) is 4.89. The second-order valence-electron chi connectivity index (χ2n) is 21.7. The van der Waals surface area contributed by atoms with Crippen LogP contribution >= 0.6 is 0 Å². The summed E-state index contributed by atoms with van der Waals surface area (Å²) in [4.78, 5) is 24.6. The van der Waals surface area contributed by atoms with Crippen molar-refractivity contribution in [3.8, 4) is 0 Å². The van der Waals surface area contributed by atoms with Gasteiger partial charge in [-0.2, -0.15) is 0 Å². The number of amides is 1. The number of aliphatic hydroxyl groups is 2. The molecule has 2 unspecified atom stereocenters. The van der Waals surface area contributed by atoms with Crippen molar-refractivity contribution in [2.75, 3.05) is 13.2 Å². The Morgan fingerprint density at radius 2 is 0.694 bits per heavy atom. The van der Waals surface area contributed by atoms with E-state index in [0.717, 1.165) is 57.8 Å². The highest BCUT2D eigenvalue weighted by Gasteiger charge is 2.18. The molecular formula is C66H123NO5. The minimum Gasteiger partial charge on any atom is -0.466 e. The molecule has 0 aromatic heterocycles. The molecule has 0 saturated carbocycles. The van der Waals surface area contributed by atoms with E-state index >= 15 is 0 Å². The van der Waals surface area contributed by atoms with Gasteiger partial charge in [0, 0.05) is 12.8 Å². The molecule has 0 heterocycles.